The van der Waals surface area contributed by atoms with Gasteiger partial charge in [0.15, 0.2) is 0 Å². The van der Waals surface area contributed by atoms with Crippen molar-refractivity contribution in [2.45, 2.75) is 76.2 Å². The number of hydrogen-bond acceptors (Lipinski definition) is 4. The standard InChI is InChI=1S/C32H37F4N3O3S/c1-31(2,3)20-37-19-21-10-15-27-23(16-21)6-4-9-28(27)38-30(40)18-29(22-11-13-25(33)14-12-22)39-43(41,42)26-8-5-7-24(17-26)32(34,35)36/h5,7-8,10-17,28-29,37,39H,4,6,9,18-20H2,1-3H3,(H,38,40)/t28-,29+/m1/s1. The quantitative estimate of drug-likeness (QED) is 0.224. The highest BCUT2D eigenvalue weighted by Crippen LogP contribution is 2.33. The smallest absolute Gasteiger partial charge is 0.349 e. The van der Waals surface area contributed by atoms with E-state index in [1.54, 1.807) is 0 Å². The molecule has 1 aliphatic carbocycles. The molecule has 1 aliphatic rings. The van der Waals surface area contributed by atoms with E-state index < -0.39 is 44.4 Å². The molecule has 0 aromatic heterocycles. The lowest BCUT2D eigenvalue weighted by Gasteiger charge is -2.28. The molecule has 2 atom stereocenters. The first-order chi connectivity index (χ1) is 20.1. The van der Waals surface area contributed by atoms with Gasteiger partial charge in [0.25, 0.3) is 0 Å². The highest BCUT2D eigenvalue weighted by Gasteiger charge is 2.33. The van der Waals surface area contributed by atoms with Crippen LogP contribution in [0.25, 0.3) is 0 Å². The van der Waals surface area contributed by atoms with Crippen LogP contribution in [0.15, 0.2) is 71.6 Å². The van der Waals surface area contributed by atoms with Crippen molar-refractivity contribution in [2.75, 3.05) is 6.54 Å². The third-order valence-corrected chi connectivity index (χ3v) is 8.74. The number of halogens is 4. The molecule has 1 amide bonds. The van der Waals surface area contributed by atoms with Crippen LogP contribution in [-0.2, 0) is 34.0 Å². The van der Waals surface area contributed by atoms with E-state index in [0.29, 0.717) is 18.1 Å². The normalized spacial score (nSPS) is 16.4. The van der Waals surface area contributed by atoms with E-state index in [-0.39, 0.29) is 17.9 Å². The summed E-state index contributed by atoms with van der Waals surface area (Å²) in [6.07, 6.45) is -2.63. The first-order valence-corrected chi connectivity index (χ1v) is 15.7. The van der Waals surface area contributed by atoms with Crippen molar-refractivity contribution in [3.8, 4) is 0 Å². The van der Waals surface area contributed by atoms with Crippen LogP contribution in [0.1, 0.15) is 79.9 Å². The highest BCUT2D eigenvalue weighted by atomic mass is 32.2. The van der Waals surface area contributed by atoms with Gasteiger partial charge < -0.3 is 10.6 Å². The zero-order valence-electron chi connectivity index (χ0n) is 24.4. The molecule has 0 radical (unpaired) electrons. The van der Waals surface area contributed by atoms with Gasteiger partial charge >= 0.3 is 6.18 Å². The number of carbonyl (C=O) groups excluding carboxylic acids is 1. The second-order valence-corrected chi connectivity index (χ2v) is 13.9. The van der Waals surface area contributed by atoms with Crippen LogP contribution in [0.4, 0.5) is 17.6 Å². The van der Waals surface area contributed by atoms with E-state index in [9.17, 15) is 30.8 Å². The maximum absolute atomic E-state index is 13.6. The number of hydrogen-bond donors (Lipinski definition) is 3. The zero-order valence-corrected chi connectivity index (χ0v) is 25.2. The van der Waals surface area contributed by atoms with Crippen LogP contribution in [0, 0.1) is 11.2 Å². The maximum Gasteiger partial charge on any atom is 0.416 e. The number of benzene rings is 3. The number of carbonyl (C=O) groups is 1. The molecule has 0 fully saturated rings. The Balaban J connectivity index is 1.50. The Morgan fingerprint density at radius 2 is 1.72 bits per heavy atom. The minimum Gasteiger partial charge on any atom is -0.349 e. The van der Waals surface area contributed by atoms with Gasteiger partial charge in [0.1, 0.15) is 5.82 Å². The Hall–Kier alpha value is -3.28. The van der Waals surface area contributed by atoms with Gasteiger partial charge in [-0.25, -0.2) is 17.5 Å². The van der Waals surface area contributed by atoms with Gasteiger partial charge in [0.05, 0.1) is 22.5 Å². The van der Waals surface area contributed by atoms with Gasteiger partial charge in [0.2, 0.25) is 15.9 Å². The molecule has 0 bridgehead atoms. The van der Waals surface area contributed by atoms with Gasteiger partial charge in [-0.05, 0) is 77.3 Å². The lowest BCUT2D eigenvalue weighted by Crippen LogP contribution is -2.36. The van der Waals surface area contributed by atoms with Crippen molar-refractivity contribution in [3.63, 3.8) is 0 Å². The number of aryl methyl sites for hydroxylation is 1. The van der Waals surface area contributed by atoms with E-state index in [1.165, 1.54) is 12.1 Å². The molecular weight excluding hydrogens is 582 g/mol. The SMILES string of the molecule is CC(C)(C)CNCc1ccc2c(c1)CCC[C@H]2NC(=O)C[C@H](NS(=O)(=O)c1cccc(C(F)(F)F)c1)c1ccc(F)cc1. The zero-order chi connectivity index (χ0) is 31.4. The van der Waals surface area contributed by atoms with E-state index in [4.69, 9.17) is 0 Å². The summed E-state index contributed by atoms with van der Waals surface area (Å²) in [5.74, 6) is -1.01. The fraction of sp³-hybridized carbons (Fsp3) is 0.406. The molecule has 3 N–H and O–H groups in total. The summed E-state index contributed by atoms with van der Waals surface area (Å²) < 4.78 is 82.0. The molecule has 3 aromatic rings. The molecule has 6 nitrogen and oxygen atoms in total. The van der Waals surface area contributed by atoms with Crippen LogP contribution in [0.2, 0.25) is 0 Å². The van der Waals surface area contributed by atoms with Crippen molar-refractivity contribution >= 4 is 15.9 Å². The second kappa shape index (κ2) is 13.2. The predicted octanol–water partition coefficient (Wildman–Crippen LogP) is 6.58. The largest absolute Gasteiger partial charge is 0.416 e. The minimum absolute atomic E-state index is 0.163. The van der Waals surface area contributed by atoms with Gasteiger partial charge in [-0.15, -0.1) is 0 Å². The van der Waals surface area contributed by atoms with Crippen LogP contribution in [0.5, 0.6) is 0 Å². The summed E-state index contributed by atoms with van der Waals surface area (Å²) in [5, 5.41) is 6.48. The molecule has 232 valence electrons. The minimum atomic E-state index is -4.73. The van der Waals surface area contributed by atoms with Crippen LogP contribution in [-0.4, -0.2) is 20.9 Å². The van der Waals surface area contributed by atoms with Crippen LogP contribution >= 0.6 is 0 Å². The molecular formula is C32H37F4N3O3S. The summed E-state index contributed by atoms with van der Waals surface area (Å²) >= 11 is 0. The molecule has 0 saturated carbocycles. The Kier molecular flexibility index (Phi) is 9.98. The number of nitrogens with one attached hydrogen (secondary N) is 3. The Morgan fingerprint density at radius 1 is 1.00 bits per heavy atom. The summed E-state index contributed by atoms with van der Waals surface area (Å²) in [5.41, 5.74) is 2.64. The Morgan fingerprint density at radius 3 is 2.40 bits per heavy atom. The fourth-order valence-electron chi connectivity index (χ4n) is 5.17. The summed E-state index contributed by atoms with van der Waals surface area (Å²) in [6, 6.07) is 13.1. The van der Waals surface area contributed by atoms with Gasteiger partial charge in [-0.2, -0.15) is 13.2 Å². The van der Waals surface area contributed by atoms with Crippen molar-refractivity contribution in [2.24, 2.45) is 5.41 Å². The molecule has 0 spiro atoms. The van der Waals surface area contributed by atoms with Crippen molar-refractivity contribution < 1.29 is 30.8 Å². The molecule has 4 rings (SSSR count). The van der Waals surface area contributed by atoms with Crippen LogP contribution in [0.3, 0.4) is 0 Å². The number of sulfonamides is 1. The Labute approximate surface area is 250 Å². The van der Waals surface area contributed by atoms with Crippen molar-refractivity contribution in [1.29, 1.82) is 0 Å². The lowest BCUT2D eigenvalue weighted by atomic mass is 9.86. The maximum atomic E-state index is 13.6. The van der Waals surface area contributed by atoms with Crippen molar-refractivity contribution in [3.05, 3.63) is 100 Å². The van der Waals surface area contributed by atoms with Gasteiger partial charge in [0, 0.05) is 19.5 Å². The van der Waals surface area contributed by atoms with Gasteiger partial charge in [-0.1, -0.05) is 57.2 Å². The predicted molar refractivity (Wildman–Crippen MR) is 157 cm³/mol. The lowest BCUT2D eigenvalue weighted by molar-refractivity contribution is -0.137. The topological polar surface area (TPSA) is 87.3 Å². The average Bonchev–Trinajstić information content (AvgIpc) is 2.92. The average molecular weight is 620 g/mol. The number of alkyl halides is 3. The fourth-order valence-corrected chi connectivity index (χ4v) is 6.44. The first kappa shape index (κ1) is 32.6. The van der Waals surface area contributed by atoms with E-state index in [2.05, 4.69) is 42.2 Å². The molecule has 0 heterocycles. The van der Waals surface area contributed by atoms with E-state index in [1.807, 2.05) is 12.1 Å². The highest BCUT2D eigenvalue weighted by molar-refractivity contribution is 7.89. The summed E-state index contributed by atoms with van der Waals surface area (Å²) in [4.78, 5) is 12.7. The molecule has 3 aromatic carbocycles. The molecule has 43 heavy (non-hydrogen) atoms. The van der Waals surface area contributed by atoms with Crippen LogP contribution < -0.4 is 15.4 Å². The Bertz CT molecular complexity index is 1530. The third-order valence-electron chi connectivity index (χ3n) is 7.27. The number of rotatable bonds is 10. The first-order valence-electron chi connectivity index (χ1n) is 14.2. The molecule has 0 unspecified atom stereocenters. The van der Waals surface area contributed by atoms with Crippen molar-refractivity contribution in [1.82, 2.24) is 15.4 Å². The number of amides is 1. The van der Waals surface area contributed by atoms with E-state index >= 15 is 0 Å². The van der Waals surface area contributed by atoms with E-state index in [0.717, 1.165) is 73.0 Å². The number of fused-ring (bicyclic) bond motifs is 1. The molecule has 0 aliphatic heterocycles. The molecule has 0 saturated heterocycles. The summed E-state index contributed by atoms with van der Waals surface area (Å²) in [7, 11) is -4.48. The third kappa shape index (κ3) is 9.11. The molecule has 11 heteroatoms. The summed E-state index contributed by atoms with van der Waals surface area (Å²) in [6.45, 7) is 8.09. The van der Waals surface area contributed by atoms with Gasteiger partial charge in [-0.3, -0.25) is 4.79 Å². The second-order valence-electron chi connectivity index (χ2n) is 12.2. The monoisotopic (exact) mass is 619 g/mol.